The first kappa shape index (κ1) is 14.3. The van der Waals surface area contributed by atoms with E-state index in [-0.39, 0.29) is 0 Å². The van der Waals surface area contributed by atoms with Crippen LogP contribution in [0.1, 0.15) is 26.7 Å². The predicted molar refractivity (Wildman–Crippen MR) is 81.9 cm³/mol. The number of anilines is 1. The Bertz CT molecular complexity index is 490. The van der Waals surface area contributed by atoms with Crippen LogP contribution in [0.2, 0.25) is 0 Å². The highest BCUT2D eigenvalue weighted by Gasteiger charge is 2.39. The highest BCUT2D eigenvalue weighted by molar-refractivity contribution is 5.76. The number of carbonyl (C=O) groups excluding carboxylic acids is 1. The van der Waals surface area contributed by atoms with Crippen molar-refractivity contribution in [3.05, 3.63) is 18.6 Å². The normalized spacial score (nSPS) is 25.3. The van der Waals surface area contributed by atoms with Crippen LogP contribution >= 0.6 is 0 Å². The van der Waals surface area contributed by atoms with Gasteiger partial charge in [0.2, 0.25) is 5.91 Å². The number of piperidine rings is 1. The molecule has 2 aliphatic heterocycles. The molecule has 0 bridgehead atoms. The quantitative estimate of drug-likeness (QED) is 0.851. The third-order valence-corrected chi connectivity index (χ3v) is 4.61. The Labute approximate surface area is 126 Å². The minimum Gasteiger partial charge on any atom is -0.355 e. The molecule has 2 saturated heterocycles. The number of likely N-dealkylation sites (tertiary alicyclic amines) is 1. The van der Waals surface area contributed by atoms with Crippen LogP contribution in [0.15, 0.2) is 18.6 Å². The lowest BCUT2D eigenvalue weighted by molar-refractivity contribution is -0.131. The number of rotatable bonds is 3. The fourth-order valence-electron chi connectivity index (χ4n) is 3.51. The second kappa shape index (κ2) is 6.00. The van der Waals surface area contributed by atoms with Crippen molar-refractivity contribution in [1.82, 2.24) is 14.9 Å². The van der Waals surface area contributed by atoms with E-state index in [9.17, 15) is 4.79 Å². The fourth-order valence-corrected chi connectivity index (χ4v) is 3.51. The van der Waals surface area contributed by atoms with Gasteiger partial charge in [-0.3, -0.25) is 9.78 Å². The van der Waals surface area contributed by atoms with Crippen LogP contribution in [0.3, 0.4) is 0 Å². The van der Waals surface area contributed by atoms with Gasteiger partial charge in [-0.05, 0) is 24.2 Å². The number of amides is 1. The van der Waals surface area contributed by atoms with Crippen molar-refractivity contribution < 1.29 is 4.79 Å². The third-order valence-electron chi connectivity index (χ3n) is 4.61. The molecule has 0 radical (unpaired) electrons. The van der Waals surface area contributed by atoms with E-state index in [0.29, 0.717) is 30.1 Å². The maximum absolute atomic E-state index is 12.2. The summed E-state index contributed by atoms with van der Waals surface area (Å²) in [6, 6.07) is 0. The number of hydrogen-bond acceptors (Lipinski definition) is 4. The zero-order valence-electron chi connectivity index (χ0n) is 12.9. The van der Waals surface area contributed by atoms with E-state index in [1.165, 1.54) is 0 Å². The zero-order valence-corrected chi connectivity index (χ0v) is 12.9. The van der Waals surface area contributed by atoms with E-state index in [1.807, 2.05) is 6.20 Å². The topological polar surface area (TPSA) is 49.3 Å². The summed E-state index contributed by atoms with van der Waals surface area (Å²) >= 11 is 0. The standard InChI is InChI=1S/C16H24N4O/c1-12(2)7-16(21)20-9-13-3-6-19(10-14(13)11-20)15-8-17-4-5-18-15/h4-5,8,12-14H,3,6-7,9-11H2,1-2H3/t13-,14+/m1/s1. The summed E-state index contributed by atoms with van der Waals surface area (Å²) in [6.07, 6.45) is 7.10. The summed E-state index contributed by atoms with van der Waals surface area (Å²) in [5, 5.41) is 0. The molecule has 5 nitrogen and oxygen atoms in total. The summed E-state index contributed by atoms with van der Waals surface area (Å²) < 4.78 is 0. The van der Waals surface area contributed by atoms with Gasteiger partial charge >= 0.3 is 0 Å². The molecule has 2 atom stereocenters. The molecular formula is C16H24N4O. The van der Waals surface area contributed by atoms with Crippen molar-refractivity contribution in [2.75, 3.05) is 31.1 Å². The van der Waals surface area contributed by atoms with Gasteiger partial charge in [-0.15, -0.1) is 0 Å². The largest absolute Gasteiger partial charge is 0.355 e. The maximum atomic E-state index is 12.2. The van der Waals surface area contributed by atoms with Gasteiger partial charge in [0.15, 0.2) is 0 Å². The van der Waals surface area contributed by atoms with Crippen molar-refractivity contribution in [2.45, 2.75) is 26.7 Å². The average Bonchev–Trinajstić information content (AvgIpc) is 2.90. The SMILES string of the molecule is CC(C)CC(=O)N1C[C@H]2CCN(c3cnccn3)C[C@H]2C1. The minimum absolute atomic E-state index is 0.324. The zero-order chi connectivity index (χ0) is 14.8. The molecular weight excluding hydrogens is 264 g/mol. The van der Waals surface area contributed by atoms with Crippen LogP contribution in [-0.4, -0.2) is 47.0 Å². The minimum atomic E-state index is 0.324. The summed E-state index contributed by atoms with van der Waals surface area (Å²) in [4.78, 5) is 25.2. The monoisotopic (exact) mass is 288 g/mol. The van der Waals surface area contributed by atoms with Gasteiger partial charge in [0.25, 0.3) is 0 Å². The van der Waals surface area contributed by atoms with E-state index in [4.69, 9.17) is 0 Å². The Morgan fingerprint density at radius 2 is 2.10 bits per heavy atom. The summed E-state index contributed by atoms with van der Waals surface area (Å²) in [5.74, 6) is 2.97. The molecule has 2 fully saturated rings. The van der Waals surface area contributed by atoms with Gasteiger partial charge in [0.1, 0.15) is 5.82 Å². The van der Waals surface area contributed by atoms with Gasteiger partial charge in [0, 0.05) is 45.0 Å². The van der Waals surface area contributed by atoms with Gasteiger partial charge in [0.05, 0.1) is 6.20 Å². The van der Waals surface area contributed by atoms with E-state index >= 15 is 0 Å². The lowest BCUT2D eigenvalue weighted by Crippen LogP contribution is -2.40. The number of hydrogen-bond donors (Lipinski definition) is 0. The Morgan fingerprint density at radius 3 is 2.81 bits per heavy atom. The number of nitrogens with zero attached hydrogens (tertiary/aromatic N) is 4. The van der Waals surface area contributed by atoms with Crippen LogP contribution in [0.25, 0.3) is 0 Å². The van der Waals surface area contributed by atoms with Gasteiger partial charge < -0.3 is 9.80 Å². The first-order valence-electron chi connectivity index (χ1n) is 7.92. The van der Waals surface area contributed by atoms with Crippen LogP contribution in [0.4, 0.5) is 5.82 Å². The average molecular weight is 288 g/mol. The van der Waals surface area contributed by atoms with E-state index in [2.05, 4.69) is 33.6 Å². The maximum Gasteiger partial charge on any atom is 0.222 e. The summed E-state index contributed by atoms with van der Waals surface area (Å²) in [5.41, 5.74) is 0. The molecule has 1 amide bonds. The first-order chi connectivity index (χ1) is 10.1. The fraction of sp³-hybridized carbons (Fsp3) is 0.688. The molecule has 2 aliphatic rings. The molecule has 114 valence electrons. The summed E-state index contributed by atoms with van der Waals surface area (Å²) in [6.45, 7) is 8.09. The van der Waals surface area contributed by atoms with Crippen molar-refractivity contribution in [2.24, 2.45) is 17.8 Å². The number of carbonyl (C=O) groups is 1. The molecule has 5 heteroatoms. The van der Waals surface area contributed by atoms with Crippen LogP contribution < -0.4 is 4.90 Å². The molecule has 1 aromatic heterocycles. The lowest BCUT2D eigenvalue weighted by Gasteiger charge is -2.34. The Hall–Kier alpha value is -1.65. The van der Waals surface area contributed by atoms with Gasteiger partial charge in [-0.2, -0.15) is 0 Å². The van der Waals surface area contributed by atoms with Crippen molar-refractivity contribution >= 4 is 11.7 Å². The second-order valence-electron chi connectivity index (χ2n) is 6.72. The molecule has 0 saturated carbocycles. The van der Waals surface area contributed by atoms with Crippen LogP contribution in [0, 0.1) is 17.8 Å². The van der Waals surface area contributed by atoms with Gasteiger partial charge in [-0.1, -0.05) is 13.8 Å². The predicted octanol–water partition coefficient (Wildman–Crippen LogP) is 1.81. The third kappa shape index (κ3) is 3.17. The molecule has 0 aliphatic carbocycles. The molecule has 0 aromatic carbocycles. The first-order valence-corrected chi connectivity index (χ1v) is 7.92. The van der Waals surface area contributed by atoms with E-state index in [0.717, 1.165) is 38.4 Å². The highest BCUT2D eigenvalue weighted by Crippen LogP contribution is 2.33. The molecule has 0 N–H and O–H groups in total. The van der Waals surface area contributed by atoms with Gasteiger partial charge in [-0.25, -0.2) is 4.98 Å². The lowest BCUT2D eigenvalue weighted by atomic mass is 9.89. The van der Waals surface area contributed by atoms with Crippen LogP contribution in [0.5, 0.6) is 0 Å². The Balaban J connectivity index is 1.61. The smallest absolute Gasteiger partial charge is 0.222 e. The van der Waals surface area contributed by atoms with E-state index in [1.54, 1.807) is 12.4 Å². The molecule has 3 rings (SSSR count). The van der Waals surface area contributed by atoms with E-state index < -0.39 is 0 Å². The van der Waals surface area contributed by atoms with Crippen molar-refractivity contribution in [3.63, 3.8) is 0 Å². The number of aromatic nitrogens is 2. The summed E-state index contributed by atoms with van der Waals surface area (Å²) in [7, 11) is 0. The highest BCUT2D eigenvalue weighted by atomic mass is 16.2. The molecule has 1 aromatic rings. The Morgan fingerprint density at radius 1 is 1.29 bits per heavy atom. The molecule has 21 heavy (non-hydrogen) atoms. The Kier molecular flexibility index (Phi) is 4.08. The number of fused-ring (bicyclic) bond motifs is 1. The second-order valence-corrected chi connectivity index (χ2v) is 6.72. The molecule has 3 heterocycles. The van der Waals surface area contributed by atoms with Crippen molar-refractivity contribution in [3.8, 4) is 0 Å². The van der Waals surface area contributed by atoms with Crippen LogP contribution in [-0.2, 0) is 4.79 Å². The molecule has 0 unspecified atom stereocenters. The molecule has 0 spiro atoms. The van der Waals surface area contributed by atoms with Crippen molar-refractivity contribution in [1.29, 1.82) is 0 Å².